The summed E-state index contributed by atoms with van der Waals surface area (Å²) < 4.78 is 39.6. The second-order valence-electron chi connectivity index (χ2n) is 6.08. The Bertz CT molecular complexity index is 504. The lowest BCUT2D eigenvalue weighted by Crippen LogP contribution is -2.43. The minimum absolute atomic E-state index is 0.245. The highest BCUT2D eigenvalue weighted by atomic mass is 19.4. The van der Waals surface area contributed by atoms with Crippen molar-refractivity contribution in [2.24, 2.45) is 5.41 Å². The molecule has 0 radical (unpaired) electrons. The van der Waals surface area contributed by atoms with Crippen molar-refractivity contribution in [3.05, 3.63) is 11.6 Å². The molecule has 1 unspecified atom stereocenters. The number of halogens is 3. The van der Waals surface area contributed by atoms with Crippen molar-refractivity contribution < 1.29 is 13.2 Å². The maximum Gasteiger partial charge on any atom is 0.451 e. The highest BCUT2D eigenvalue weighted by Crippen LogP contribution is 2.33. The standard InChI is InChI=1S/C13H20F3N5/c1-2-12(3-4-17-8-12)9-20-5-6-21-10(7-20)18-19-11(21)13(14,15)16/h17H,2-9H2,1H3. The maximum atomic E-state index is 12.8. The maximum absolute atomic E-state index is 12.8. The summed E-state index contributed by atoms with van der Waals surface area (Å²) in [6.07, 6.45) is -2.22. The van der Waals surface area contributed by atoms with Crippen LogP contribution in [0.25, 0.3) is 0 Å². The fourth-order valence-corrected chi connectivity index (χ4v) is 3.37. The van der Waals surface area contributed by atoms with Gasteiger partial charge in [-0.3, -0.25) is 4.90 Å². The monoisotopic (exact) mass is 303 g/mol. The van der Waals surface area contributed by atoms with Crippen LogP contribution in [0.1, 0.15) is 31.4 Å². The number of nitrogens with one attached hydrogen (secondary N) is 1. The lowest BCUT2D eigenvalue weighted by Gasteiger charge is -2.36. The van der Waals surface area contributed by atoms with Gasteiger partial charge in [0.1, 0.15) is 5.82 Å². The van der Waals surface area contributed by atoms with Gasteiger partial charge < -0.3 is 9.88 Å². The van der Waals surface area contributed by atoms with Gasteiger partial charge in [0.2, 0.25) is 5.82 Å². The molecule has 1 aromatic rings. The Hall–Kier alpha value is -1.15. The summed E-state index contributed by atoms with van der Waals surface area (Å²) in [5.74, 6) is -0.448. The van der Waals surface area contributed by atoms with E-state index in [9.17, 15) is 13.2 Å². The zero-order valence-corrected chi connectivity index (χ0v) is 12.1. The summed E-state index contributed by atoms with van der Waals surface area (Å²) in [6.45, 7) is 6.48. The Balaban J connectivity index is 1.72. The van der Waals surface area contributed by atoms with Crippen molar-refractivity contribution in [1.29, 1.82) is 0 Å². The molecule has 8 heteroatoms. The molecule has 1 aromatic heterocycles. The van der Waals surface area contributed by atoms with E-state index in [1.807, 2.05) is 0 Å². The number of hydrogen-bond acceptors (Lipinski definition) is 4. The van der Waals surface area contributed by atoms with Gasteiger partial charge in [-0.05, 0) is 24.8 Å². The molecule has 3 rings (SSSR count). The van der Waals surface area contributed by atoms with Crippen LogP contribution in [0.4, 0.5) is 13.2 Å². The lowest BCUT2D eigenvalue weighted by atomic mass is 9.83. The van der Waals surface area contributed by atoms with Crippen LogP contribution in [0.15, 0.2) is 0 Å². The summed E-state index contributed by atoms with van der Waals surface area (Å²) in [4.78, 5) is 2.21. The van der Waals surface area contributed by atoms with E-state index in [1.165, 1.54) is 4.57 Å². The topological polar surface area (TPSA) is 46.0 Å². The number of hydrogen-bond donors (Lipinski definition) is 1. The van der Waals surface area contributed by atoms with Gasteiger partial charge in [0.05, 0.1) is 6.54 Å². The number of nitrogens with zero attached hydrogens (tertiary/aromatic N) is 4. The van der Waals surface area contributed by atoms with Crippen LogP contribution in [0.3, 0.4) is 0 Å². The first-order chi connectivity index (χ1) is 9.93. The van der Waals surface area contributed by atoms with Crippen LogP contribution in [-0.2, 0) is 19.3 Å². The smallest absolute Gasteiger partial charge is 0.316 e. The van der Waals surface area contributed by atoms with Gasteiger partial charge in [-0.15, -0.1) is 10.2 Å². The van der Waals surface area contributed by atoms with E-state index in [1.54, 1.807) is 0 Å². The molecule has 0 saturated carbocycles. The van der Waals surface area contributed by atoms with Gasteiger partial charge in [-0.1, -0.05) is 6.92 Å². The van der Waals surface area contributed by atoms with E-state index in [2.05, 4.69) is 27.3 Å². The normalized spacial score (nSPS) is 27.0. The molecule has 2 aliphatic rings. The molecule has 2 aliphatic heterocycles. The molecule has 0 aliphatic carbocycles. The molecule has 21 heavy (non-hydrogen) atoms. The summed E-state index contributed by atoms with van der Waals surface area (Å²) in [7, 11) is 0. The minimum Gasteiger partial charge on any atom is -0.316 e. The molecule has 118 valence electrons. The van der Waals surface area contributed by atoms with E-state index >= 15 is 0 Å². The molecule has 5 nitrogen and oxygen atoms in total. The van der Waals surface area contributed by atoms with Crippen LogP contribution < -0.4 is 5.32 Å². The van der Waals surface area contributed by atoms with Crippen molar-refractivity contribution in [2.75, 3.05) is 26.2 Å². The molecule has 1 N–H and O–H groups in total. The molecule has 0 aromatic carbocycles. The predicted molar refractivity (Wildman–Crippen MR) is 70.5 cm³/mol. The van der Waals surface area contributed by atoms with Gasteiger partial charge in [0.25, 0.3) is 0 Å². The number of aromatic nitrogens is 3. The van der Waals surface area contributed by atoms with Crippen molar-refractivity contribution in [3.8, 4) is 0 Å². The third kappa shape index (κ3) is 2.78. The van der Waals surface area contributed by atoms with Crippen molar-refractivity contribution >= 4 is 0 Å². The summed E-state index contributed by atoms with van der Waals surface area (Å²) in [5.41, 5.74) is 0.245. The van der Waals surface area contributed by atoms with E-state index in [4.69, 9.17) is 0 Å². The second-order valence-corrected chi connectivity index (χ2v) is 6.08. The van der Waals surface area contributed by atoms with Crippen LogP contribution in [0, 0.1) is 5.41 Å². The third-order valence-electron chi connectivity index (χ3n) is 4.73. The number of fused-ring (bicyclic) bond motifs is 1. The van der Waals surface area contributed by atoms with Crippen LogP contribution in [-0.4, -0.2) is 45.8 Å². The average Bonchev–Trinajstić information content (AvgIpc) is 3.04. The average molecular weight is 303 g/mol. The molecule has 0 spiro atoms. The summed E-state index contributed by atoms with van der Waals surface area (Å²) in [5, 5.41) is 10.4. The fourth-order valence-electron chi connectivity index (χ4n) is 3.37. The Morgan fingerprint density at radius 3 is 2.71 bits per heavy atom. The first kappa shape index (κ1) is 14.8. The Kier molecular flexibility index (Phi) is 3.69. The Morgan fingerprint density at radius 1 is 1.29 bits per heavy atom. The highest BCUT2D eigenvalue weighted by molar-refractivity contribution is 5.03. The SMILES string of the molecule is CCC1(CN2CCn3c(nnc3C(F)(F)F)C2)CCNC1. The summed E-state index contributed by atoms with van der Waals surface area (Å²) in [6, 6.07) is 0. The largest absolute Gasteiger partial charge is 0.451 e. The molecule has 1 saturated heterocycles. The molecular weight excluding hydrogens is 283 g/mol. The number of rotatable bonds is 3. The van der Waals surface area contributed by atoms with Gasteiger partial charge in [0.15, 0.2) is 0 Å². The second kappa shape index (κ2) is 5.24. The van der Waals surface area contributed by atoms with Crippen LogP contribution in [0.5, 0.6) is 0 Å². The van der Waals surface area contributed by atoms with Gasteiger partial charge in [-0.2, -0.15) is 13.2 Å². The molecule has 3 heterocycles. The van der Waals surface area contributed by atoms with Crippen LogP contribution >= 0.6 is 0 Å². The van der Waals surface area contributed by atoms with Crippen molar-refractivity contribution in [1.82, 2.24) is 25.0 Å². The Morgan fingerprint density at radius 2 is 2.10 bits per heavy atom. The minimum atomic E-state index is -4.42. The van der Waals surface area contributed by atoms with Crippen molar-refractivity contribution in [2.45, 2.75) is 39.0 Å². The number of alkyl halides is 3. The van der Waals surface area contributed by atoms with Gasteiger partial charge in [-0.25, -0.2) is 0 Å². The summed E-state index contributed by atoms with van der Waals surface area (Å²) >= 11 is 0. The predicted octanol–water partition coefficient (Wildman–Crippen LogP) is 1.50. The van der Waals surface area contributed by atoms with E-state index in [-0.39, 0.29) is 5.41 Å². The van der Waals surface area contributed by atoms with Gasteiger partial charge >= 0.3 is 6.18 Å². The first-order valence-corrected chi connectivity index (χ1v) is 7.36. The highest BCUT2D eigenvalue weighted by Gasteiger charge is 2.40. The third-order valence-corrected chi connectivity index (χ3v) is 4.73. The molecule has 0 bridgehead atoms. The Labute approximate surface area is 121 Å². The fraction of sp³-hybridized carbons (Fsp3) is 0.846. The molecule has 1 fully saturated rings. The van der Waals surface area contributed by atoms with E-state index in [0.29, 0.717) is 25.5 Å². The van der Waals surface area contributed by atoms with E-state index < -0.39 is 12.0 Å². The lowest BCUT2D eigenvalue weighted by molar-refractivity contribution is -0.148. The van der Waals surface area contributed by atoms with Gasteiger partial charge in [0, 0.05) is 26.2 Å². The van der Waals surface area contributed by atoms with Crippen molar-refractivity contribution in [3.63, 3.8) is 0 Å². The quantitative estimate of drug-likeness (QED) is 0.919. The molecule has 0 amide bonds. The zero-order chi connectivity index (χ0) is 15.1. The molecule has 1 atom stereocenters. The molecular formula is C13H20F3N5. The first-order valence-electron chi connectivity index (χ1n) is 7.36. The zero-order valence-electron chi connectivity index (χ0n) is 12.1. The van der Waals surface area contributed by atoms with Crippen LogP contribution in [0.2, 0.25) is 0 Å². The van der Waals surface area contributed by atoms with E-state index in [0.717, 1.165) is 32.5 Å².